The predicted molar refractivity (Wildman–Crippen MR) is 111 cm³/mol. The molecule has 2 rings (SSSR count). The van der Waals surface area contributed by atoms with Gasteiger partial charge in [-0.05, 0) is 62.9 Å². The number of amides is 1. The summed E-state index contributed by atoms with van der Waals surface area (Å²) in [5.74, 6) is 1.54. The molecule has 0 aliphatic rings. The van der Waals surface area contributed by atoms with Gasteiger partial charge in [0.15, 0.2) is 11.5 Å². The molecule has 4 nitrogen and oxygen atoms in total. The Kier molecular flexibility index (Phi) is 8.18. The molecule has 0 fully saturated rings. The SMILES string of the molecule is CCCCOc1ccc(CCC(=O)Nc2ccc(C)cc2C)cc1OCC. The second kappa shape index (κ2) is 10.6. The maximum Gasteiger partial charge on any atom is 0.224 e. The molecule has 0 heterocycles. The van der Waals surface area contributed by atoms with Gasteiger partial charge < -0.3 is 14.8 Å². The number of aryl methyl sites for hydroxylation is 3. The van der Waals surface area contributed by atoms with Gasteiger partial charge in [-0.3, -0.25) is 4.79 Å². The van der Waals surface area contributed by atoms with Gasteiger partial charge in [-0.15, -0.1) is 0 Å². The van der Waals surface area contributed by atoms with Crippen LogP contribution in [0.25, 0.3) is 0 Å². The highest BCUT2D eigenvalue weighted by Gasteiger charge is 2.09. The largest absolute Gasteiger partial charge is 0.490 e. The average Bonchev–Trinajstić information content (AvgIpc) is 2.64. The highest BCUT2D eigenvalue weighted by molar-refractivity contribution is 5.91. The van der Waals surface area contributed by atoms with Crippen molar-refractivity contribution in [3.63, 3.8) is 0 Å². The smallest absolute Gasteiger partial charge is 0.224 e. The van der Waals surface area contributed by atoms with Crippen molar-refractivity contribution >= 4 is 11.6 Å². The van der Waals surface area contributed by atoms with Gasteiger partial charge in [0.2, 0.25) is 5.91 Å². The van der Waals surface area contributed by atoms with Crippen molar-refractivity contribution in [1.29, 1.82) is 0 Å². The summed E-state index contributed by atoms with van der Waals surface area (Å²) < 4.78 is 11.5. The summed E-state index contributed by atoms with van der Waals surface area (Å²) in [7, 11) is 0. The van der Waals surface area contributed by atoms with E-state index < -0.39 is 0 Å². The van der Waals surface area contributed by atoms with E-state index in [9.17, 15) is 4.79 Å². The molecule has 27 heavy (non-hydrogen) atoms. The van der Waals surface area contributed by atoms with Crippen molar-refractivity contribution in [2.45, 2.75) is 53.4 Å². The van der Waals surface area contributed by atoms with Crippen molar-refractivity contribution in [3.05, 3.63) is 53.1 Å². The summed E-state index contributed by atoms with van der Waals surface area (Å²) in [6.07, 6.45) is 3.20. The van der Waals surface area contributed by atoms with Crippen LogP contribution < -0.4 is 14.8 Å². The zero-order valence-corrected chi connectivity index (χ0v) is 16.9. The summed E-state index contributed by atoms with van der Waals surface area (Å²) in [4.78, 5) is 12.3. The van der Waals surface area contributed by atoms with Crippen LogP contribution in [0.2, 0.25) is 0 Å². The fourth-order valence-corrected chi connectivity index (χ4v) is 2.85. The minimum absolute atomic E-state index is 0.0168. The molecule has 1 N–H and O–H groups in total. The van der Waals surface area contributed by atoms with E-state index in [1.807, 2.05) is 51.1 Å². The van der Waals surface area contributed by atoms with Gasteiger partial charge in [-0.25, -0.2) is 0 Å². The van der Waals surface area contributed by atoms with Crippen LogP contribution in [0.15, 0.2) is 36.4 Å². The van der Waals surface area contributed by atoms with Gasteiger partial charge in [0.05, 0.1) is 13.2 Å². The molecule has 0 aliphatic carbocycles. The fourth-order valence-electron chi connectivity index (χ4n) is 2.85. The molecule has 2 aromatic rings. The van der Waals surface area contributed by atoms with Crippen LogP contribution in [0, 0.1) is 13.8 Å². The number of hydrogen-bond acceptors (Lipinski definition) is 3. The summed E-state index contributed by atoms with van der Waals surface area (Å²) >= 11 is 0. The van der Waals surface area contributed by atoms with Crippen LogP contribution in [-0.2, 0) is 11.2 Å². The normalized spacial score (nSPS) is 10.5. The number of nitrogens with one attached hydrogen (secondary N) is 1. The molecule has 0 aromatic heterocycles. The van der Waals surface area contributed by atoms with Gasteiger partial charge in [0.25, 0.3) is 0 Å². The van der Waals surface area contributed by atoms with Gasteiger partial charge in [0.1, 0.15) is 0 Å². The first kappa shape index (κ1) is 20.8. The van der Waals surface area contributed by atoms with Crippen molar-refractivity contribution in [2.24, 2.45) is 0 Å². The molecule has 0 bridgehead atoms. The lowest BCUT2D eigenvalue weighted by Gasteiger charge is -2.13. The predicted octanol–water partition coefficient (Wildman–Crippen LogP) is 5.45. The summed E-state index contributed by atoms with van der Waals surface area (Å²) in [5.41, 5.74) is 4.21. The van der Waals surface area contributed by atoms with Crippen molar-refractivity contribution in [2.75, 3.05) is 18.5 Å². The number of rotatable bonds is 10. The molecule has 0 aliphatic heterocycles. The number of unbranched alkanes of at least 4 members (excludes halogenated alkanes) is 1. The van der Waals surface area contributed by atoms with Crippen LogP contribution in [-0.4, -0.2) is 19.1 Å². The summed E-state index contributed by atoms with van der Waals surface area (Å²) in [5, 5.41) is 3.00. The molecule has 146 valence electrons. The summed E-state index contributed by atoms with van der Waals surface area (Å²) in [6, 6.07) is 12.0. The third-order valence-electron chi connectivity index (χ3n) is 4.36. The Labute approximate surface area is 162 Å². The van der Waals surface area contributed by atoms with E-state index in [1.54, 1.807) is 0 Å². The van der Waals surface area contributed by atoms with Crippen molar-refractivity contribution in [1.82, 2.24) is 0 Å². The van der Waals surface area contributed by atoms with E-state index in [0.29, 0.717) is 26.1 Å². The fraction of sp³-hybridized carbons (Fsp3) is 0.435. The lowest BCUT2D eigenvalue weighted by Crippen LogP contribution is -2.13. The lowest BCUT2D eigenvalue weighted by atomic mass is 10.1. The standard InChI is InChI=1S/C23H31NO3/c1-5-7-14-27-21-12-9-19(16-22(21)26-6-2)10-13-23(25)24-20-11-8-17(3)15-18(20)4/h8-9,11-12,15-16H,5-7,10,13-14H2,1-4H3,(H,24,25). The molecular formula is C23H31NO3. The number of hydrogen-bond donors (Lipinski definition) is 1. The second-order valence-corrected chi connectivity index (χ2v) is 6.78. The third-order valence-corrected chi connectivity index (χ3v) is 4.36. The molecular weight excluding hydrogens is 338 g/mol. The van der Waals surface area contributed by atoms with E-state index in [4.69, 9.17) is 9.47 Å². The van der Waals surface area contributed by atoms with Crippen LogP contribution >= 0.6 is 0 Å². The number of carbonyl (C=O) groups is 1. The number of carbonyl (C=O) groups excluding carboxylic acids is 1. The molecule has 0 atom stereocenters. The Morgan fingerprint density at radius 3 is 2.52 bits per heavy atom. The van der Waals surface area contributed by atoms with E-state index in [0.717, 1.165) is 41.2 Å². The van der Waals surface area contributed by atoms with E-state index >= 15 is 0 Å². The van der Waals surface area contributed by atoms with Gasteiger partial charge in [-0.2, -0.15) is 0 Å². The second-order valence-electron chi connectivity index (χ2n) is 6.78. The Morgan fingerprint density at radius 1 is 1.00 bits per heavy atom. The quantitative estimate of drug-likeness (QED) is 0.566. The van der Waals surface area contributed by atoms with E-state index in [2.05, 4.69) is 18.3 Å². The van der Waals surface area contributed by atoms with Crippen molar-refractivity contribution < 1.29 is 14.3 Å². The molecule has 0 radical (unpaired) electrons. The molecule has 0 unspecified atom stereocenters. The van der Waals surface area contributed by atoms with E-state index in [1.165, 1.54) is 5.56 Å². The Hall–Kier alpha value is -2.49. The first-order chi connectivity index (χ1) is 13.0. The molecule has 4 heteroatoms. The molecule has 0 saturated carbocycles. The highest BCUT2D eigenvalue weighted by atomic mass is 16.5. The van der Waals surface area contributed by atoms with Gasteiger partial charge in [-0.1, -0.05) is 37.1 Å². The third kappa shape index (κ3) is 6.63. The van der Waals surface area contributed by atoms with E-state index in [-0.39, 0.29) is 5.91 Å². The average molecular weight is 370 g/mol. The topological polar surface area (TPSA) is 47.6 Å². The number of ether oxygens (including phenoxy) is 2. The van der Waals surface area contributed by atoms with Crippen LogP contribution in [0.5, 0.6) is 11.5 Å². The highest BCUT2D eigenvalue weighted by Crippen LogP contribution is 2.29. The van der Waals surface area contributed by atoms with Crippen molar-refractivity contribution in [3.8, 4) is 11.5 Å². The van der Waals surface area contributed by atoms with Crippen LogP contribution in [0.3, 0.4) is 0 Å². The Morgan fingerprint density at radius 2 is 1.81 bits per heavy atom. The molecule has 0 spiro atoms. The zero-order chi connectivity index (χ0) is 19.6. The van der Waals surface area contributed by atoms with Crippen LogP contribution in [0.4, 0.5) is 5.69 Å². The minimum atomic E-state index is 0.0168. The minimum Gasteiger partial charge on any atom is -0.490 e. The van der Waals surface area contributed by atoms with Gasteiger partial charge >= 0.3 is 0 Å². The summed E-state index contributed by atoms with van der Waals surface area (Å²) in [6.45, 7) is 9.42. The molecule has 2 aromatic carbocycles. The van der Waals surface area contributed by atoms with Gasteiger partial charge in [0, 0.05) is 12.1 Å². The first-order valence-corrected chi connectivity index (χ1v) is 9.79. The van der Waals surface area contributed by atoms with Crippen LogP contribution in [0.1, 0.15) is 49.8 Å². The number of benzene rings is 2. The maximum atomic E-state index is 12.3. The molecule has 1 amide bonds. The molecule has 0 saturated heterocycles. The lowest BCUT2D eigenvalue weighted by molar-refractivity contribution is -0.116. The Bertz CT molecular complexity index is 755. The zero-order valence-electron chi connectivity index (χ0n) is 16.9. The number of anilines is 1. The Balaban J connectivity index is 1.95. The monoisotopic (exact) mass is 369 g/mol. The first-order valence-electron chi connectivity index (χ1n) is 9.79. The maximum absolute atomic E-state index is 12.3.